The Hall–Kier alpha value is -2.40. The number of hydrogen-bond acceptors (Lipinski definition) is 4. The van der Waals surface area contributed by atoms with Gasteiger partial charge in [-0.1, -0.05) is 12.1 Å². The lowest BCUT2D eigenvalue weighted by Gasteiger charge is -2.31. The van der Waals surface area contributed by atoms with Gasteiger partial charge < -0.3 is 10.7 Å². The first-order chi connectivity index (χ1) is 11.3. The van der Waals surface area contributed by atoms with Crippen LogP contribution in [0.25, 0.3) is 11.0 Å². The number of nitrogens with one attached hydrogen (secondary N) is 1. The van der Waals surface area contributed by atoms with Crippen molar-refractivity contribution < 1.29 is 0 Å². The number of hydrogen-bond donors (Lipinski definition) is 2. The van der Waals surface area contributed by atoms with Crippen LogP contribution in [0.5, 0.6) is 0 Å². The Morgan fingerprint density at radius 1 is 1.17 bits per heavy atom. The molecular formula is C18H21N5. The summed E-state index contributed by atoms with van der Waals surface area (Å²) in [5.41, 5.74) is 9.20. The van der Waals surface area contributed by atoms with Crippen LogP contribution in [0.4, 0.5) is 5.82 Å². The summed E-state index contributed by atoms with van der Waals surface area (Å²) in [6.07, 6.45) is 4.06. The number of benzene rings is 1. The Bertz CT molecular complexity index is 769. The third-order valence-electron chi connectivity index (χ3n) is 4.63. The number of nitrogen functional groups attached to an aromatic ring is 1. The fourth-order valence-corrected chi connectivity index (χ4v) is 3.38. The molecule has 0 unspecified atom stereocenters. The zero-order chi connectivity index (χ0) is 15.6. The first-order valence-corrected chi connectivity index (χ1v) is 8.15. The van der Waals surface area contributed by atoms with E-state index in [9.17, 15) is 0 Å². The number of imidazole rings is 1. The molecule has 1 aliphatic rings. The molecular weight excluding hydrogens is 286 g/mol. The number of aromatic nitrogens is 3. The molecule has 1 fully saturated rings. The molecule has 1 aromatic carbocycles. The number of pyridine rings is 1. The molecule has 3 heterocycles. The second-order valence-electron chi connectivity index (χ2n) is 6.28. The molecule has 23 heavy (non-hydrogen) atoms. The van der Waals surface area contributed by atoms with E-state index < -0.39 is 0 Å². The maximum Gasteiger partial charge on any atom is 0.123 e. The van der Waals surface area contributed by atoms with Gasteiger partial charge in [-0.05, 0) is 55.8 Å². The fourth-order valence-electron chi connectivity index (χ4n) is 3.38. The van der Waals surface area contributed by atoms with Crippen molar-refractivity contribution in [2.45, 2.75) is 25.3 Å². The van der Waals surface area contributed by atoms with Crippen molar-refractivity contribution >= 4 is 16.9 Å². The highest BCUT2D eigenvalue weighted by molar-refractivity contribution is 5.74. The number of H-pyrrole nitrogens is 1. The van der Waals surface area contributed by atoms with Gasteiger partial charge in [0.2, 0.25) is 0 Å². The number of fused-ring (bicyclic) bond motifs is 1. The maximum absolute atomic E-state index is 5.76. The van der Waals surface area contributed by atoms with Gasteiger partial charge in [-0.3, -0.25) is 4.90 Å². The van der Waals surface area contributed by atoms with E-state index in [1.54, 1.807) is 6.20 Å². The monoisotopic (exact) mass is 307 g/mol. The first kappa shape index (κ1) is 14.2. The zero-order valence-corrected chi connectivity index (χ0v) is 13.1. The summed E-state index contributed by atoms with van der Waals surface area (Å²) in [7, 11) is 0. The predicted molar refractivity (Wildman–Crippen MR) is 92.0 cm³/mol. The summed E-state index contributed by atoms with van der Waals surface area (Å²) in [6, 6.07) is 12.3. The normalized spacial score (nSPS) is 16.9. The molecule has 2 aromatic heterocycles. The molecule has 1 aliphatic heterocycles. The van der Waals surface area contributed by atoms with Crippen LogP contribution in [0.15, 0.2) is 42.6 Å². The number of nitrogens with two attached hydrogens (primary N) is 1. The van der Waals surface area contributed by atoms with E-state index in [2.05, 4.69) is 27.0 Å². The highest BCUT2D eigenvalue weighted by Gasteiger charge is 2.23. The standard InChI is InChI=1S/C18H21N5/c19-17-11-13(5-8-20-17)12-23-9-6-14(7-10-23)18-21-15-3-1-2-4-16(15)22-18/h1-5,8,11,14H,6-7,9-10,12H2,(H2,19,20)(H,21,22). The van der Waals surface area contributed by atoms with Crippen molar-refractivity contribution in [1.82, 2.24) is 19.9 Å². The van der Waals surface area contributed by atoms with Crippen LogP contribution in [0.2, 0.25) is 0 Å². The molecule has 118 valence electrons. The smallest absolute Gasteiger partial charge is 0.123 e. The van der Waals surface area contributed by atoms with Crippen molar-refractivity contribution in [3.05, 3.63) is 54.0 Å². The SMILES string of the molecule is Nc1cc(CN2CCC(c3nc4ccccc4[nH]3)CC2)ccn1. The second kappa shape index (κ2) is 6.01. The van der Waals surface area contributed by atoms with Gasteiger partial charge in [0.15, 0.2) is 0 Å². The van der Waals surface area contributed by atoms with E-state index in [-0.39, 0.29) is 0 Å². The quantitative estimate of drug-likeness (QED) is 0.780. The van der Waals surface area contributed by atoms with E-state index in [0.29, 0.717) is 11.7 Å². The summed E-state index contributed by atoms with van der Waals surface area (Å²) in [5, 5.41) is 0. The van der Waals surface area contributed by atoms with Crippen LogP contribution in [-0.4, -0.2) is 32.9 Å². The van der Waals surface area contributed by atoms with E-state index in [4.69, 9.17) is 10.7 Å². The molecule has 0 aliphatic carbocycles. The Morgan fingerprint density at radius 3 is 2.78 bits per heavy atom. The molecule has 1 saturated heterocycles. The summed E-state index contributed by atoms with van der Waals surface area (Å²) < 4.78 is 0. The van der Waals surface area contributed by atoms with E-state index >= 15 is 0 Å². The lowest BCUT2D eigenvalue weighted by Crippen LogP contribution is -2.32. The summed E-state index contributed by atoms with van der Waals surface area (Å²) >= 11 is 0. The minimum absolute atomic E-state index is 0.529. The highest BCUT2D eigenvalue weighted by atomic mass is 15.1. The minimum atomic E-state index is 0.529. The van der Waals surface area contributed by atoms with Crippen LogP contribution in [0.3, 0.4) is 0 Å². The molecule has 4 rings (SSSR count). The molecule has 0 amide bonds. The Kier molecular flexibility index (Phi) is 3.71. The Labute approximate surface area is 135 Å². The van der Waals surface area contributed by atoms with Gasteiger partial charge in [-0.15, -0.1) is 0 Å². The van der Waals surface area contributed by atoms with Gasteiger partial charge in [0.25, 0.3) is 0 Å². The summed E-state index contributed by atoms with van der Waals surface area (Å²) in [5.74, 6) is 2.26. The third kappa shape index (κ3) is 3.05. The van der Waals surface area contributed by atoms with Crippen molar-refractivity contribution in [3.8, 4) is 0 Å². The predicted octanol–water partition coefficient (Wildman–Crippen LogP) is 2.92. The van der Waals surface area contributed by atoms with Gasteiger partial charge in [-0.2, -0.15) is 0 Å². The number of nitrogens with zero attached hydrogens (tertiary/aromatic N) is 3. The lowest BCUT2D eigenvalue weighted by atomic mass is 9.96. The molecule has 5 nitrogen and oxygen atoms in total. The topological polar surface area (TPSA) is 70.8 Å². The van der Waals surface area contributed by atoms with Crippen molar-refractivity contribution in [1.29, 1.82) is 0 Å². The molecule has 3 N–H and O–H groups in total. The summed E-state index contributed by atoms with van der Waals surface area (Å²) in [6.45, 7) is 3.12. The maximum atomic E-state index is 5.76. The number of rotatable bonds is 3. The largest absolute Gasteiger partial charge is 0.384 e. The Morgan fingerprint density at radius 2 is 2.00 bits per heavy atom. The lowest BCUT2D eigenvalue weighted by molar-refractivity contribution is 0.202. The minimum Gasteiger partial charge on any atom is -0.384 e. The van der Waals surface area contributed by atoms with Crippen LogP contribution in [0.1, 0.15) is 30.1 Å². The van der Waals surface area contributed by atoms with Gasteiger partial charge >= 0.3 is 0 Å². The average molecular weight is 307 g/mol. The van der Waals surface area contributed by atoms with E-state index in [1.165, 1.54) is 5.56 Å². The molecule has 0 bridgehead atoms. The van der Waals surface area contributed by atoms with Gasteiger partial charge in [0.1, 0.15) is 11.6 Å². The van der Waals surface area contributed by atoms with Crippen molar-refractivity contribution in [2.75, 3.05) is 18.8 Å². The Balaban J connectivity index is 1.40. The molecule has 0 radical (unpaired) electrons. The number of para-hydroxylation sites is 2. The number of likely N-dealkylation sites (tertiary alicyclic amines) is 1. The fraction of sp³-hybridized carbons (Fsp3) is 0.333. The highest BCUT2D eigenvalue weighted by Crippen LogP contribution is 2.28. The third-order valence-corrected chi connectivity index (χ3v) is 4.63. The van der Waals surface area contributed by atoms with Gasteiger partial charge in [0.05, 0.1) is 11.0 Å². The molecule has 5 heteroatoms. The number of anilines is 1. The van der Waals surface area contributed by atoms with Crippen LogP contribution in [0, 0.1) is 0 Å². The number of piperidine rings is 1. The average Bonchev–Trinajstić information content (AvgIpc) is 2.99. The van der Waals surface area contributed by atoms with Gasteiger partial charge in [0, 0.05) is 18.7 Å². The van der Waals surface area contributed by atoms with E-state index in [0.717, 1.165) is 49.3 Å². The van der Waals surface area contributed by atoms with E-state index in [1.807, 2.05) is 24.3 Å². The first-order valence-electron chi connectivity index (χ1n) is 8.15. The summed E-state index contributed by atoms with van der Waals surface area (Å²) in [4.78, 5) is 14.8. The van der Waals surface area contributed by atoms with Crippen LogP contribution < -0.4 is 5.73 Å². The van der Waals surface area contributed by atoms with Crippen LogP contribution in [-0.2, 0) is 6.54 Å². The molecule has 0 saturated carbocycles. The molecule has 0 spiro atoms. The van der Waals surface area contributed by atoms with Crippen molar-refractivity contribution in [3.63, 3.8) is 0 Å². The second-order valence-corrected chi connectivity index (χ2v) is 6.28. The molecule has 3 aromatic rings. The van der Waals surface area contributed by atoms with Crippen molar-refractivity contribution in [2.24, 2.45) is 0 Å². The molecule has 0 atom stereocenters. The zero-order valence-electron chi connectivity index (χ0n) is 13.1. The number of aromatic amines is 1. The van der Waals surface area contributed by atoms with Gasteiger partial charge in [-0.25, -0.2) is 9.97 Å². The van der Waals surface area contributed by atoms with Crippen LogP contribution >= 0.6 is 0 Å².